The summed E-state index contributed by atoms with van der Waals surface area (Å²) in [6.07, 6.45) is 4.93. The lowest BCUT2D eigenvalue weighted by atomic mass is 9.88. The molecule has 1 N–H and O–H groups in total. The fraction of sp³-hybridized carbons (Fsp3) is 0.500. The van der Waals surface area contributed by atoms with Crippen LogP contribution in [0.3, 0.4) is 0 Å². The first-order valence-electron chi connectivity index (χ1n) is 4.35. The zero-order chi connectivity index (χ0) is 8.72. The quantitative estimate of drug-likeness (QED) is 0.574. The van der Waals surface area contributed by atoms with Crippen LogP contribution in [-0.2, 0) is 4.79 Å². The molecule has 0 aromatic rings. The van der Waals surface area contributed by atoms with Crippen LogP contribution in [0.15, 0.2) is 23.3 Å². The molecule has 1 fully saturated rings. The Morgan fingerprint density at radius 3 is 3.08 bits per heavy atom. The van der Waals surface area contributed by atoms with Crippen molar-refractivity contribution in [3.05, 3.63) is 23.3 Å². The van der Waals surface area contributed by atoms with Crippen LogP contribution >= 0.6 is 0 Å². The fourth-order valence-electron chi connectivity index (χ4n) is 2.07. The lowest BCUT2D eigenvalue weighted by Crippen LogP contribution is -2.32. The Balaban J connectivity index is 2.32. The first-order valence-corrected chi connectivity index (χ1v) is 4.35. The fourth-order valence-corrected chi connectivity index (χ4v) is 2.07. The summed E-state index contributed by atoms with van der Waals surface area (Å²) < 4.78 is 0. The minimum Gasteiger partial charge on any atom is -0.349 e. The van der Waals surface area contributed by atoms with Crippen LogP contribution in [0.1, 0.15) is 20.3 Å². The number of carbonyl (C=O) groups is 1. The number of hydrogen-bond donors (Lipinski definition) is 1. The molecule has 0 aromatic heterocycles. The Bertz CT molecular complexity index is 288. The summed E-state index contributed by atoms with van der Waals surface area (Å²) in [4.78, 5) is 11.1. The van der Waals surface area contributed by atoms with Gasteiger partial charge in [0, 0.05) is 6.42 Å². The van der Waals surface area contributed by atoms with Gasteiger partial charge >= 0.3 is 0 Å². The minimum absolute atomic E-state index is 0.168. The van der Waals surface area contributed by atoms with Gasteiger partial charge in [-0.3, -0.25) is 4.79 Å². The van der Waals surface area contributed by atoms with Crippen molar-refractivity contribution in [2.45, 2.75) is 26.3 Å². The molecule has 0 saturated carbocycles. The highest BCUT2D eigenvalue weighted by Gasteiger charge is 2.31. The van der Waals surface area contributed by atoms with E-state index in [2.05, 4.69) is 31.3 Å². The van der Waals surface area contributed by atoms with Gasteiger partial charge in [-0.25, -0.2) is 0 Å². The zero-order valence-electron chi connectivity index (χ0n) is 7.42. The minimum atomic E-state index is 0.168. The van der Waals surface area contributed by atoms with E-state index in [0.717, 1.165) is 0 Å². The second-order valence-corrected chi connectivity index (χ2v) is 3.71. The molecule has 2 atom stereocenters. The molecule has 2 heteroatoms. The number of rotatable bonds is 0. The van der Waals surface area contributed by atoms with Crippen LogP contribution in [0.5, 0.6) is 0 Å². The molecule has 2 rings (SSSR count). The van der Waals surface area contributed by atoms with Crippen molar-refractivity contribution >= 4 is 5.91 Å². The van der Waals surface area contributed by atoms with E-state index in [1.807, 2.05) is 0 Å². The second-order valence-electron chi connectivity index (χ2n) is 3.71. The molecule has 12 heavy (non-hydrogen) atoms. The van der Waals surface area contributed by atoms with Crippen LogP contribution in [0.25, 0.3) is 0 Å². The van der Waals surface area contributed by atoms with Gasteiger partial charge in [0.2, 0.25) is 5.91 Å². The predicted molar refractivity (Wildman–Crippen MR) is 47.6 cm³/mol. The molecule has 1 saturated heterocycles. The molecule has 1 heterocycles. The van der Waals surface area contributed by atoms with Crippen molar-refractivity contribution in [3.8, 4) is 0 Å². The van der Waals surface area contributed by atoms with E-state index < -0.39 is 0 Å². The summed E-state index contributed by atoms with van der Waals surface area (Å²) in [5.74, 6) is 0.623. The number of hydrogen-bond acceptors (Lipinski definition) is 1. The molecular formula is C10H13NO. The normalized spacial score (nSPS) is 33.7. The monoisotopic (exact) mass is 163 g/mol. The van der Waals surface area contributed by atoms with Gasteiger partial charge in [-0.1, -0.05) is 24.6 Å². The number of nitrogens with one attached hydrogen (secondary N) is 1. The van der Waals surface area contributed by atoms with Gasteiger partial charge in [-0.2, -0.15) is 0 Å². The summed E-state index contributed by atoms with van der Waals surface area (Å²) >= 11 is 0. The van der Waals surface area contributed by atoms with Crippen LogP contribution in [0.2, 0.25) is 0 Å². The smallest absolute Gasteiger partial charge is 0.224 e. The van der Waals surface area contributed by atoms with Crippen LogP contribution in [-0.4, -0.2) is 11.9 Å². The van der Waals surface area contributed by atoms with Gasteiger partial charge in [0.25, 0.3) is 0 Å². The first kappa shape index (κ1) is 7.59. The Kier molecular flexibility index (Phi) is 1.56. The topological polar surface area (TPSA) is 29.1 Å². The second kappa shape index (κ2) is 2.47. The highest BCUT2D eigenvalue weighted by atomic mass is 16.1. The number of fused-ring (bicyclic) bond motifs is 1. The van der Waals surface area contributed by atoms with Gasteiger partial charge in [-0.15, -0.1) is 0 Å². The van der Waals surface area contributed by atoms with Gasteiger partial charge < -0.3 is 5.32 Å². The summed E-state index contributed by atoms with van der Waals surface area (Å²) in [5.41, 5.74) is 2.54. The van der Waals surface area contributed by atoms with E-state index in [1.54, 1.807) is 0 Å². The van der Waals surface area contributed by atoms with E-state index in [4.69, 9.17) is 0 Å². The van der Waals surface area contributed by atoms with E-state index in [1.165, 1.54) is 11.1 Å². The van der Waals surface area contributed by atoms with Crippen molar-refractivity contribution in [1.29, 1.82) is 0 Å². The molecular weight excluding hydrogens is 150 g/mol. The SMILES string of the molecule is CC1=CC(C)C2NC(=O)CC2=C1. The lowest BCUT2D eigenvalue weighted by Gasteiger charge is -2.22. The van der Waals surface area contributed by atoms with Gasteiger partial charge in [0.1, 0.15) is 0 Å². The summed E-state index contributed by atoms with van der Waals surface area (Å²) in [6, 6.07) is 0.279. The maximum Gasteiger partial charge on any atom is 0.224 e. The molecule has 0 radical (unpaired) electrons. The standard InChI is InChI=1S/C10H13NO/c1-6-3-7(2)10-8(4-6)5-9(12)11-10/h3-4,7,10H,5H2,1-2H3,(H,11,12). The third-order valence-corrected chi connectivity index (χ3v) is 2.55. The molecule has 1 aliphatic carbocycles. The molecule has 2 aliphatic rings. The average molecular weight is 163 g/mol. The van der Waals surface area contributed by atoms with E-state index in [0.29, 0.717) is 12.3 Å². The summed E-state index contributed by atoms with van der Waals surface area (Å²) in [7, 11) is 0. The largest absolute Gasteiger partial charge is 0.349 e. The molecule has 0 spiro atoms. The number of amides is 1. The zero-order valence-corrected chi connectivity index (χ0v) is 7.42. The molecule has 1 amide bonds. The van der Waals surface area contributed by atoms with E-state index in [-0.39, 0.29) is 11.9 Å². The van der Waals surface area contributed by atoms with E-state index in [9.17, 15) is 4.79 Å². The van der Waals surface area contributed by atoms with Crippen molar-refractivity contribution in [2.24, 2.45) is 5.92 Å². The molecule has 2 unspecified atom stereocenters. The molecule has 0 aromatic carbocycles. The third-order valence-electron chi connectivity index (χ3n) is 2.55. The lowest BCUT2D eigenvalue weighted by molar-refractivity contribution is -0.119. The molecule has 1 aliphatic heterocycles. The van der Waals surface area contributed by atoms with Crippen molar-refractivity contribution in [1.82, 2.24) is 5.32 Å². The van der Waals surface area contributed by atoms with Gasteiger partial charge in [0.05, 0.1) is 6.04 Å². The van der Waals surface area contributed by atoms with E-state index >= 15 is 0 Å². The van der Waals surface area contributed by atoms with Gasteiger partial charge in [-0.05, 0) is 18.4 Å². The Morgan fingerprint density at radius 1 is 1.58 bits per heavy atom. The van der Waals surface area contributed by atoms with Crippen molar-refractivity contribution < 1.29 is 4.79 Å². The summed E-state index contributed by atoms with van der Waals surface area (Å²) in [6.45, 7) is 4.23. The van der Waals surface area contributed by atoms with Crippen molar-refractivity contribution in [2.75, 3.05) is 0 Å². The maximum atomic E-state index is 11.1. The Morgan fingerprint density at radius 2 is 2.33 bits per heavy atom. The average Bonchev–Trinajstić information content (AvgIpc) is 2.29. The highest BCUT2D eigenvalue weighted by Crippen LogP contribution is 2.28. The Labute approximate surface area is 72.3 Å². The molecule has 2 nitrogen and oxygen atoms in total. The highest BCUT2D eigenvalue weighted by molar-refractivity contribution is 5.83. The van der Waals surface area contributed by atoms with Crippen LogP contribution < -0.4 is 5.32 Å². The van der Waals surface area contributed by atoms with Crippen LogP contribution in [0.4, 0.5) is 0 Å². The first-order chi connectivity index (χ1) is 5.66. The molecule has 64 valence electrons. The Hall–Kier alpha value is -1.05. The van der Waals surface area contributed by atoms with Crippen molar-refractivity contribution in [3.63, 3.8) is 0 Å². The summed E-state index contributed by atoms with van der Waals surface area (Å²) in [5, 5.41) is 2.97. The predicted octanol–water partition coefficient (Wildman–Crippen LogP) is 1.40. The maximum absolute atomic E-state index is 11.1. The number of allylic oxidation sites excluding steroid dienone is 2. The third kappa shape index (κ3) is 1.07. The van der Waals surface area contributed by atoms with Gasteiger partial charge in [0.15, 0.2) is 0 Å². The molecule has 0 bridgehead atoms. The number of carbonyl (C=O) groups excluding carboxylic acids is 1. The van der Waals surface area contributed by atoms with Crippen LogP contribution in [0, 0.1) is 5.92 Å².